The molecule has 2 aromatic rings. The first-order valence-electron chi connectivity index (χ1n) is 9.19. The van der Waals surface area contributed by atoms with Crippen molar-refractivity contribution in [3.05, 3.63) is 47.5 Å². The molecule has 28 heavy (non-hydrogen) atoms. The van der Waals surface area contributed by atoms with Gasteiger partial charge in [0.1, 0.15) is 11.5 Å². The van der Waals surface area contributed by atoms with E-state index in [4.69, 9.17) is 21.1 Å². The normalized spacial score (nSPS) is 15.1. The van der Waals surface area contributed by atoms with Gasteiger partial charge in [0.25, 0.3) is 5.91 Å². The highest BCUT2D eigenvalue weighted by Gasteiger charge is 2.23. The molecule has 1 saturated heterocycles. The minimum atomic E-state index is -0.722. The van der Waals surface area contributed by atoms with Crippen molar-refractivity contribution in [1.29, 1.82) is 0 Å². The van der Waals surface area contributed by atoms with Gasteiger partial charge in [-0.3, -0.25) is 9.59 Å². The molecule has 1 aliphatic heterocycles. The monoisotopic (exact) mass is 402 g/mol. The minimum absolute atomic E-state index is 0.0608. The van der Waals surface area contributed by atoms with E-state index >= 15 is 0 Å². The van der Waals surface area contributed by atoms with Crippen molar-refractivity contribution >= 4 is 34.8 Å². The SMILES string of the molecule is COc1ccc(NC(=O)C(C)Oc2cccc(Cl)c2)cc1N1CCCCC1=O. The Kier molecular flexibility index (Phi) is 6.41. The van der Waals surface area contributed by atoms with Crippen LogP contribution in [0.1, 0.15) is 26.2 Å². The lowest BCUT2D eigenvalue weighted by Gasteiger charge is -2.28. The Balaban J connectivity index is 1.73. The number of hydrogen-bond acceptors (Lipinski definition) is 4. The molecule has 0 aromatic heterocycles. The third-order valence-corrected chi connectivity index (χ3v) is 4.77. The molecular weight excluding hydrogens is 380 g/mol. The number of methoxy groups -OCH3 is 1. The Morgan fingerprint density at radius 1 is 1.21 bits per heavy atom. The summed E-state index contributed by atoms with van der Waals surface area (Å²) in [5.74, 6) is 0.868. The Hall–Kier alpha value is -2.73. The van der Waals surface area contributed by atoms with E-state index in [0.717, 1.165) is 12.8 Å². The van der Waals surface area contributed by atoms with Crippen LogP contribution < -0.4 is 19.7 Å². The van der Waals surface area contributed by atoms with E-state index < -0.39 is 6.10 Å². The van der Waals surface area contributed by atoms with Crippen molar-refractivity contribution in [3.63, 3.8) is 0 Å². The molecule has 3 rings (SSSR count). The zero-order valence-electron chi connectivity index (χ0n) is 15.9. The highest BCUT2D eigenvalue weighted by atomic mass is 35.5. The third-order valence-electron chi connectivity index (χ3n) is 4.54. The number of nitrogens with one attached hydrogen (secondary N) is 1. The number of ether oxygens (including phenoxy) is 2. The molecule has 6 nitrogen and oxygen atoms in total. The number of halogens is 1. The number of hydrogen-bond donors (Lipinski definition) is 1. The van der Waals surface area contributed by atoms with Gasteiger partial charge in [-0.1, -0.05) is 17.7 Å². The summed E-state index contributed by atoms with van der Waals surface area (Å²) in [5, 5.41) is 3.37. The molecule has 0 radical (unpaired) electrons. The molecule has 1 unspecified atom stereocenters. The van der Waals surface area contributed by atoms with Gasteiger partial charge in [0, 0.05) is 23.7 Å². The molecule has 1 N–H and O–H groups in total. The van der Waals surface area contributed by atoms with Gasteiger partial charge in [0.2, 0.25) is 5.91 Å². The predicted octanol–water partition coefficient (Wildman–Crippen LogP) is 4.27. The molecule has 2 amide bonds. The zero-order valence-corrected chi connectivity index (χ0v) is 16.7. The summed E-state index contributed by atoms with van der Waals surface area (Å²) in [4.78, 5) is 26.5. The first kappa shape index (κ1) is 20.0. The van der Waals surface area contributed by atoms with Crippen LogP contribution in [0.5, 0.6) is 11.5 Å². The summed E-state index contributed by atoms with van der Waals surface area (Å²) in [6.07, 6.45) is 1.63. The second kappa shape index (κ2) is 8.97. The second-order valence-electron chi connectivity index (χ2n) is 6.60. The van der Waals surface area contributed by atoms with Crippen LogP contribution in [0.15, 0.2) is 42.5 Å². The fourth-order valence-corrected chi connectivity index (χ4v) is 3.26. The second-order valence-corrected chi connectivity index (χ2v) is 7.03. The number of benzene rings is 2. The zero-order chi connectivity index (χ0) is 20.1. The van der Waals surface area contributed by atoms with Crippen LogP contribution >= 0.6 is 11.6 Å². The van der Waals surface area contributed by atoms with Crippen LogP contribution in [0.4, 0.5) is 11.4 Å². The lowest BCUT2D eigenvalue weighted by molar-refractivity contribution is -0.122. The number of rotatable bonds is 6. The quantitative estimate of drug-likeness (QED) is 0.783. The lowest BCUT2D eigenvalue weighted by Crippen LogP contribution is -2.35. The van der Waals surface area contributed by atoms with E-state index in [-0.39, 0.29) is 11.8 Å². The maximum absolute atomic E-state index is 12.5. The number of carbonyl (C=O) groups excluding carboxylic acids is 2. The Labute approximate surface area is 169 Å². The Bertz CT molecular complexity index is 871. The number of piperidine rings is 1. The highest BCUT2D eigenvalue weighted by molar-refractivity contribution is 6.30. The first-order valence-corrected chi connectivity index (χ1v) is 9.57. The third kappa shape index (κ3) is 4.75. The number of carbonyl (C=O) groups is 2. The fraction of sp³-hybridized carbons (Fsp3) is 0.333. The van der Waals surface area contributed by atoms with Crippen molar-refractivity contribution in [2.24, 2.45) is 0 Å². The Morgan fingerprint density at radius 3 is 2.75 bits per heavy atom. The van der Waals surface area contributed by atoms with E-state index in [1.54, 1.807) is 61.4 Å². The Morgan fingerprint density at radius 2 is 2.04 bits per heavy atom. The summed E-state index contributed by atoms with van der Waals surface area (Å²) in [5.41, 5.74) is 1.23. The van der Waals surface area contributed by atoms with E-state index in [1.165, 1.54) is 0 Å². The van der Waals surface area contributed by atoms with E-state index in [0.29, 0.717) is 40.9 Å². The lowest BCUT2D eigenvalue weighted by atomic mass is 10.1. The minimum Gasteiger partial charge on any atom is -0.495 e. The summed E-state index contributed by atoms with van der Waals surface area (Å²) < 4.78 is 11.1. The van der Waals surface area contributed by atoms with Gasteiger partial charge in [-0.2, -0.15) is 0 Å². The molecule has 2 aromatic carbocycles. The molecule has 148 valence electrons. The van der Waals surface area contributed by atoms with Gasteiger partial charge in [-0.15, -0.1) is 0 Å². The number of nitrogens with zero attached hydrogens (tertiary/aromatic N) is 1. The van der Waals surface area contributed by atoms with Gasteiger partial charge >= 0.3 is 0 Å². The maximum atomic E-state index is 12.5. The van der Waals surface area contributed by atoms with Gasteiger partial charge in [-0.05, 0) is 56.2 Å². The van der Waals surface area contributed by atoms with Crippen LogP contribution in [0.3, 0.4) is 0 Å². The van der Waals surface area contributed by atoms with E-state index in [2.05, 4.69) is 5.32 Å². The van der Waals surface area contributed by atoms with Crippen LogP contribution in [-0.4, -0.2) is 31.6 Å². The van der Waals surface area contributed by atoms with Crippen molar-refractivity contribution in [1.82, 2.24) is 0 Å². The molecule has 0 spiro atoms. The molecule has 0 aliphatic carbocycles. The molecule has 1 fully saturated rings. The summed E-state index contributed by atoms with van der Waals surface area (Å²) in [6, 6.07) is 12.1. The number of anilines is 2. The van der Waals surface area contributed by atoms with Crippen molar-refractivity contribution < 1.29 is 19.1 Å². The first-order chi connectivity index (χ1) is 13.5. The largest absolute Gasteiger partial charge is 0.495 e. The van der Waals surface area contributed by atoms with E-state index in [1.807, 2.05) is 0 Å². The predicted molar refractivity (Wildman–Crippen MR) is 109 cm³/mol. The van der Waals surface area contributed by atoms with Gasteiger partial charge < -0.3 is 19.7 Å². The van der Waals surface area contributed by atoms with Crippen LogP contribution in [0.25, 0.3) is 0 Å². The summed E-state index contributed by atoms with van der Waals surface area (Å²) in [6.45, 7) is 2.30. The van der Waals surface area contributed by atoms with Gasteiger partial charge in [0.15, 0.2) is 6.10 Å². The molecule has 1 heterocycles. The molecule has 0 bridgehead atoms. The maximum Gasteiger partial charge on any atom is 0.265 e. The van der Waals surface area contributed by atoms with Crippen LogP contribution in [-0.2, 0) is 9.59 Å². The molecule has 1 aliphatic rings. The van der Waals surface area contributed by atoms with Gasteiger partial charge in [0.05, 0.1) is 12.8 Å². The van der Waals surface area contributed by atoms with Crippen molar-refractivity contribution in [3.8, 4) is 11.5 Å². The summed E-state index contributed by atoms with van der Waals surface area (Å²) >= 11 is 5.94. The number of amides is 2. The van der Waals surface area contributed by atoms with E-state index in [9.17, 15) is 9.59 Å². The smallest absolute Gasteiger partial charge is 0.265 e. The molecule has 7 heteroatoms. The van der Waals surface area contributed by atoms with Crippen LogP contribution in [0, 0.1) is 0 Å². The molecule has 0 saturated carbocycles. The topological polar surface area (TPSA) is 67.9 Å². The van der Waals surface area contributed by atoms with Gasteiger partial charge in [-0.25, -0.2) is 0 Å². The van der Waals surface area contributed by atoms with Crippen molar-refractivity contribution in [2.45, 2.75) is 32.3 Å². The van der Waals surface area contributed by atoms with Crippen LogP contribution in [0.2, 0.25) is 5.02 Å². The molecular formula is C21H23ClN2O4. The average Bonchev–Trinajstić information content (AvgIpc) is 2.68. The molecule has 1 atom stereocenters. The standard InChI is InChI=1S/C21H23ClN2O4/c1-14(28-17-7-5-6-15(22)12-17)21(26)23-16-9-10-19(27-2)18(13-16)24-11-4-3-8-20(24)25/h5-7,9-10,12-14H,3-4,8,11H2,1-2H3,(H,23,26). The van der Waals surface area contributed by atoms with Crippen molar-refractivity contribution in [2.75, 3.05) is 23.9 Å². The summed E-state index contributed by atoms with van der Waals surface area (Å²) in [7, 11) is 1.56. The average molecular weight is 403 g/mol. The highest BCUT2D eigenvalue weighted by Crippen LogP contribution is 2.33. The fourth-order valence-electron chi connectivity index (χ4n) is 3.08.